The molecule has 4 nitrogen and oxygen atoms in total. The van der Waals surface area contributed by atoms with Crippen LogP contribution in [0.5, 0.6) is 0 Å². The number of amides is 1. The normalized spacial score (nSPS) is 9.67. The first-order valence-corrected chi connectivity index (χ1v) is 5.84. The third kappa shape index (κ3) is 6.00. The minimum Gasteiger partial charge on any atom is -0.380 e. The molecule has 0 aliphatic carbocycles. The number of methoxy groups -OCH3 is 1. The van der Waals surface area contributed by atoms with Crippen LogP contribution in [0.2, 0.25) is 0 Å². The highest BCUT2D eigenvalue weighted by Crippen LogP contribution is 2.05. The molecular weight excluding hydrogens is 252 g/mol. The third-order valence-electron chi connectivity index (χ3n) is 2.36. The molecule has 0 saturated carbocycles. The molecule has 0 aliphatic heterocycles. The second-order valence-corrected chi connectivity index (χ2v) is 3.74. The summed E-state index contributed by atoms with van der Waals surface area (Å²) in [6.07, 6.45) is 0. The zero-order valence-electron chi connectivity index (χ0n) is 10.9. The van der Waals surface area contributed by atoms with Gasteiger partial charge in [-0.1, -0.05) is 19.1 Å². The minimum atomic E-state index is -0.0353. The van der Waals surface area contributed by atoms with E-state index >= 15 is 0 Å². The van der Waals surface area contributed by atoms with Crippen LogP contribution in [0.3, 0.4) is 0 Å². The maximum Gasteiger partial charge on any atom is 0.251 e. The van der Waals surface area contributed by atoms with Gasteiger partial charge < -0.3 is 15.4 Å². The molecule has 0 heterocycles. The molecule has 0 aliphatic rings. The van der Waals surface area contributed by atoms with Gasteiger partial charge in [0.05, 0.1) is 6.61 Å². The van der Waals surface area contributed by atoms with E-state index in [9.17, 15) is 4.79 Å². The van der Waals surface area contributed by atoms with Crippen LogP contribution in [0.25, 0.3) is 0 Å². The van der Waals surface area contributed by atoms with Crippen molar-refractivity contribution < 1.29 is 9.53 Å². The molecule has 102 valence electrons. The SMILES string of the molecule is CCNCCNC(=O)c1ccc(COC)cc1.Cl. The molecule has 0 fully saturated rings. The highest BCUT2D eigenvalue weighted by molar-refractivity contribution is 5.94. The molecule has 1 amide bonds. The highest BCUT2D eigenvalue weighted by atomic mass is 35.5. The van der Waals surface area contributed by atoms with Crippen LogP contribution in [-0.2, 0) is 11.3 Å². The summed E-state index contributed by atoms with van der Waals surface area (Å²) in [6, 6.07) is 7.44. The number of likely N-dealkylation sites (N-methyl/N-ethyl adjacent to an activating group) is 1. The lowest BCUT2D eigenvalue weighted by Gasteiger charge is -2.06. The van der Waals surface area contributed by atoms with E-state index in [0.29, 0.717) is 18.7 Å². The van der Waals surface area contributed by atoms with Gasteiger partial charge in [-0.3, -0.25) is 4.79 Å². The molecule has 1 aromatic carbocycles. The van der Waals surface area contributed by atoms with Gasteiger partial charge in [-0.25, -0.2) is 0 Å². The number of ether oxygens (including phenoxy) is 1. The van der Waals surface area contributed by atoms with Gasteiger partial charge >= 0.3 is 0 Å². The summed E-state index contributed by atoms with van der Waals surface area (Å²) in [5.74, 6) is -0.0353. The van der Waals surface area contributed by atoms with Crippen LogP contribution in [0.1, 0.15) is 22.8 Å². The Kier molecular flexibility index (Phi) is 9.28. The smallest absolute Gasteiger partial charge is 0.251 e. The van der Waals surface area contributed by atoms with Crippen molar-refractivity contribution in [3.63, 3.8) is 0 Å². The summed E-state index contributed by atoms with van der Waals surface area (Å²) >= 11 is 0. The van der Waals surface area contributed by atoms with Crippen LogP contribution in [0.15, 0.2) is 24.3 Å². The van der Waals surface area contributed by atoms with Crippen molar-refractivity contribution in [1.82, 2.24) is 10.6 Å². The summed E-state index contributed by atoms with van der Waals surface area (Å²) in [5, 5.41) is 6.00. The van der Waals surface area contributed by atoms with Gasteiger partial charge in [-0.15, -0.1) is 12.4 Å². The maximum absolute atomic E-state index is 11.7. The Morgan fingerprint density at radius 1 is 1.22 bits per heavy atom. The molecule has 2 N–H and O–H groups in total. The lowest BCUT2D eigenvalue weighted by molar-refractivity contribution is 0.0954. The number of hydrogen-bond donors (Lipinski definition) is 2. The predicted molar refractivity (Wildman–Crippen MR) is 75.3 cm³/mol. The second-order valence-electron chi connectivity index (χ2n) is 3.74. The van der Waals surface area contributed by atoms with E-state index in [0.717, 1.165) is 18.7 Å². The standard InChI is InChI=1S/C13H20N2O2.ClH/c1-3-14-8-9-15-13(16)12-6-4-11(5-7-12)10-17-2;/h4-7,14H,3,8-10H2,1-2H3,(H,15,16);1H. The summed E-state index contributed by atoms with van der Waals surface area (Å²) < 4.78 is 5.01. The van der Waals surface area contributed by atoms with Crippen molar-refractivity contribution in [2.24, 2.45) is 0 Å². The maximum atomic E-state index is 11.7. The van der Waals surface area contributed by atoms with Gasteiger partial charge in [-0.05, 0) is 24.2 Å². The molecule has 0 radical (unpaired) electrons. The van der Waals surface area contributed by atoms with E-state index in [4.69, 9.17) is 4.74 Å². The van der Waals surface area contributed by atoms with Crippen LogP contribution >= 0.6 is 12.4 Å². The Morgan fingerprint density at radius 3 is 2.44 bits per heavy atom. The Morgan fingerprint density at radius 2 is 1.89 bits per heavy atom. The van der Waals surface area contributed by atoms with Crippen molar-refractivity contribution in [2.75, 3.05) is 26.7 Å². The molecular formula is C13H21ClN2O2. The average Bonchev–Trinajstić information content (AvgIpc) is 2.36. The van der Waals surface area contributed by atoms with Gasteiger partial charge in [0.1, 0.15) is 0 Å². The summed E-state index contributed by atoms with van der Waals surface area (Å²) in [6.45, 7) is 4.97. The lowest BCUT2D eigenvalue weighted by atomic mass is 10.1. The minimum absolute atomic E-state index is 0. The monoisotopic (exact) mass is 272 g/mol. The quantitative estimate of drug-likeness (QED) is 0.741. The van der Waals surface area contributed by atoms with Gasteiger partial charge in [0.25, 0.3) is 5.91 Å². The number of rotatable bonds is 7. The van der Waals surface area contributed by atoms with Crippen molar-refractivity contribution >= 4 is 18.3 Å². The highest BCUT2D eigenvalue weighted by Gasteiger charge is 2.03. The van der Waals surface area contributed by atoms with Crippen molar-refractivity contribution in [2.45, 2.75) is 13.5 Å². The van der Waals surface area contributed by atoms with Crippen LogP contribution in [-0.4, -0.2) is 32.7 Å². The van der Waals surface area contributed by atoms with Gasteiger partial charge in [-0.2, -0.15) is 0 Å². The van der Waals surface area contributed by atoms with E-state index in [2.05, 4.69) is 10.6 Å². The second kappa shape index (κ2) is 9.88. The summed E-state index contributed by atoms with van der Waals surface area (Å²) in [7, 11) is 1.65. The average molecular weight is 273 g/mol. The molecule has 5 heteroatoms. The van der Waals surface area contributed by atoms with E-state index in [-0.39, 0.29) is 18.3 Å². The fraction of sp³-hybridized carbons (Fsp3) is 0.462. The van der Waals surface area contributed by atoms with E-state index in [1.54, 1.807) is 7.11 Å². The van der Waals surface area contributed by atoms with Gasteiger partial charge in [0.15, 0.2) is 0 Å². The number of carbonyl (C=O) groups is 1. The largest absolute Gasteiger partial charge is 0.380 e. The Labute approximate surface area is 115 Å². The molecule has 0 unspecified atom stereocenters. The lowest BCUT2D eigenvalue weighted by Crippen LogP contribution is -2.31. The van der Waals surface area contributed by atoms with Gasteiger partial charge in [0, 0.05) is 25.8 Å². The molecule has 0 aromatic heterocycles. The topological polar surface area (TPSA) is 50.4 Å². The molecule has 1 rings (SSSR count). The number of nitrogens with one attached hydrogen (secondary N) is 2. The molecule has 0 bridgehead atoms. The number of halogens is 1. The third-order valence-corrected chi connectivity index (χ3v) is 2.36. The molecule has 0 saturated heterocycles. The molecule has 0 atom stereocenters. The van der Waals surface area contributed by atoms with Crippen LogP contribution in [0, 0.1) is 0 Å². The zero-order valence-corrected chi connectivity index (χ0v) is 11.7. The van der Waals surface area contributed by atoms with E-state index in [1.807, 2.05) is 31.2 Å². The first-order chi connectivity index (χ1) is 8.27. The Bertz CT molecular complexity index is 341. The van der Waals surface area contributed by atoms with Crippen LogP contribution in [0.4, 0.5) is 0 Å². The Balaban J connectivity index is 0.00000289. The van der Waals surface area contributed by atoms with E-state index < -0.39 is 0 Å². The first kappa shape index (κ1) is 16.9. The fourth-order valence-electron chi connectivity index (χ4n) is 1.46. The van der Waals surface area contributed by atoms with Crippen LogP contribution < -0.4 is 10.6 Å². The predicted octanol–water partition coefficient (Wildman–Crippen LogP) is 1.59. The zero-order chi connectivity index (χ0) is 12.5. The number of benzene rings is 1. The van der Waals surface area contributed by atoms with Gasteiger partial charge in [0.2, 0.25) is 0 Å². The van der Waals surface area contributed by atoms with E-state index in [1.165, 1.54) is 0 Å². The van der Waals surface area contributed by atoms with Crippen molar-refractivity contribution in [1.29, 1.82) is 0 Å². The fourth-order valence-corrected chi connectivity index (χ4v) is 1.46. The van der Waals surface area contributed by atoms with Crippen molar-refractivity contribution in [3.8, 4) is 0 Å². The molecule has 18 heavy (non-hydrogen) atoms. The molecule has 0 spiro atoms. The summed E-state index contributed by atoms with van der Waals surface area (Å²) in [5.41, 5.74) is 1.75. The molecule has 1 aromatic rings. The van der Waals surface area contributed by atoms with Crippen molar-refractivity contribution in [3.05, 3.63) is 35.4 Å². The number of hydrogen-bond acceptors (Lipinski definition) is 3. The Hall–Kier alpha value is -1.10. The number of carbonyl (C=O) groups excluding carboxylic acids is 1. The first-order valence-electron chi connectivity index (χ1n) is 5.84. The summed E-state index contributed by atoms with van der Waals surface area (Å²) in [4.78, 5) is 11.7.